The second kappa shape index (κ2) is 10.9. The predicted octanol–water partition coefficient (Wildman–Crippen LogP) is 2.87. The van der Waals surface area contributed by atoms with Crippen molar-refractivity contribution in [1.82, 2.24) is 15.5 Å². The third-order valence-corrected chi connectivity index (χ3v) is 4.40. The van der Waals surface area contributed by atoms with Gasteiger partial charge in [0.05, 0.1) is 5.92 Å². The van der Waals surface area contributed by atoms with Crippen LogP contribution in [0.15, 0.2) is 36.6 Å². The largest absolute Gasteiger partial charge is 0.375 e. The number of hydrogen-bond acceptors (Lipinski definition) is 4. The molecule has 0 spiro atoms. The molecule has 2 N–H and O–H groups in total. The van der Waals surface area contributed by atoms with E-state index in [0.29, 0.717) is 5.57 Å². The minimum atomic E-state index is -0.460. The zero-order valence-electron chi connectivity index (χ0n) is 16.7. The van der Waals surface area contributed by atoms with Crippen molar-refractivity contribution in [3.63, 3.8) is 0 Å². The second-order valence-corrected chi connectivity index (χ2v) is 7.36. The molecule has 0 bridgehead atoms. The fraction of sp³-hybridized carbons (Fsp3) is 0.600. The second-order valence-electron chi connectivity index (χ2n) is 7.36. The van der Waals surface area contributed by atoms with Crippen molar-refractivity contribution in [2.45, 2.75) is 40.5 Å². The summed E-state index contributed by atoms with van der Waals surface area (Å²) in [6, 6.07) is 0. The summed E-state index contributed by atoms with van der Waals surface area (Å²) in [5, 5.41) is 5.47. The van der Waals surface area contributed by atoms with Gasteiger partial charge in [-0.1, -0.05) is 33.1 Å². The highest BCUT2D eigenvalue weighted by Crippen LogP contribution is 2.25. The lowest BCUT2D eigenvalue weighted by Gasteiger charge is -2.28. The molecule has 0 aromatic rings. The lowest BCUT2D eigenvalue weighted by Crippen LogP contribution is -2.33. The highest BCUT2D eigenvalue weighted by atomic mass is 16.2. The molecule has 1 unspecified atom stereocenters. The third-order valence-electron chi connectivity index (χ3n) is 4.40. The van der Waals surface area contributed by atoms with E-state index < -0.39 is 5.92 Å². The van der Waals surface area contributed by atoms with E-state index in [1.807, 2.05) is 20.2 Å². The maximum absolute atomic E-state index is 11.8. The van der Waals surface area contributed by atoms with Gasteiger partial charge in [0.2, 0.25) is 11.8 Å². The van der Waals surface area contributed by atoms with E-state index in [2.05, 4.69) is 42.5 Å². The molecule has 142 valence electrons. The number of likely N-dealkylation sites (N-methyl/N-ethyl adjacent to an activating group) is 1. The molecule has 0 aliphatic heterocycles. The van der Waals surface area contributed by atoms with Crippen LogP contribution in [0.2, 0.25) is 0 Å². The maximum atomic E-state index is 11.8. The van der Waals surface area contributed by atoms with Crippen LogP contribution in [-0.2, 0) is 9.59 Å². The molecule has 0 aliphatic rings. The summed E-state index contributed by atoms with van der Waals surface area (Å²) in [5.41, 5.74) is 1.77. The maximum Gasteiger partial charge on any atom is 0.233 e. The first-order valence-electron chi connectivity index (χ1n) is 8.73. The highest BCUT2D eigenvalue weighted by Gasteiger charge is 2.18. The van der Waals surface area contributed by atoms with Crippen LogP contribution in [0, 0.1) is 11.3 Å². The van der Waals surface area contributed by atoms with Crippen molar-refractivity contribution >= 4 is 11.8 Å². The van der Waals surface area contributed by atoms with E-state index in [-0.39, 0.29) is 17.2 Å². The Labute approximate surface area is 153 Å². The first-order chi connectivity index (χ1) is 11.5. The molecule has 0 rings (SSSR count). The van der Waals surface area contributed by atoms with E-state index in [0.717, 1.165) is 31.6 Å². The monoisotopic (exact) mass is 349 g/mol. The Kier molecular flexibility index (Phi) is 10.1. The normalized spacial score (nSPS) is 12.7. The van der Waals surface area contributed by atoms with E-state index >= 15 is 0 Å². The molecule has 0 saturated carbocycles. The predicted molar refractivity (Wildman–Crippen MR) is 105 cm³/mol. The summed E-state index contributed by atoms with van der Waals surface area (Å²) in [6.07, 6.45) is 5.84. The Morgan fingerprint density at radius 1 is 1.20 bits per heavy atom. The van der Waals surface area contributed by atoms with Crippen LogP contribution in [0.3, 0.4) is 0 Å². The highest BCUT2D eigenvalue weighted by molar-refractivity contribution is 5.96. The van der Waals surface area contributed by atoms with Crippen molar-refractivity contribution in [1.29, 1.82) is 0 Å². The molecule has 0 aliphatic carbocycles. The van der Waals surface area contributed by atoms with Crippen LogP contribution in [0.5, 0.6) is 0 Å². The van der Waals surface area contributed by atoms with Crippen molar-refractivity contribution in [2.24, 2.45) is 11.3 Å². The van der Waals surface area contributed by atoms with Gasteiger partial charge >= 0.3 is 0 Å². The molecule has 0 radical (unpaired) electrons. The molecular formula is C20H35N3O2. The van der Waals surface area contributed by atoms with Gasteiger partial charge in [0, 0.05) is 26.2 Å². The molecule has 5 nitrogen and oxygen atoms in total. The van der Waals surface area contributed by atoms with Crippen molar-refractivity contribution in [3.8, 4) is 0 Å². The van der Waals surface area contributed by atoms with Gasteiger partial charge in [-0.2, -0.15) is 0 Å². The molecule has 0 fully saturated rings. The summed E-state index contributed by atoms with van der Waals surface area (Å²) < 4.78 is 0. The molecule has 1 atom stereocenters. The number of nitrogens with zero attached hydrogens (tertiary/aromatic N) is 1. The molecule has 0 heterocycles. The average Bonchev–Trinajstić information content (AvgIpc) is 2.53. The Morgan fingerprint density at radius 2 is 1.80 bits per heavy atom. The number of rotatable bonds is 11. The number of amides is 2. The minimum absolute atomic E-state index is 0.268. The fourth-order valence-corrected chi connectivity index (χ4v) is 2.13. The van der Waals surface area contributed by atoms with Crippen LogP contribution in [0.25, 0.3) is 0 Å². The van der Waals surface area contributed by atoms with Crippen molar-refractivity contribution < 1.29 is 9.59 Å². The molecule has 0 aromatic carbocycles. The number of imide groups is 1. The van der Waals surface area contributed by atoms with E-state index in [1.165, 1.54) is 6.92 Å². The van der Waals surface area contributed by atoms with Gasteiger partial charge < -0.3 is 10.2 Å². The van der Waals surface area contributed by atoms with Gasteiger partial charge in [0.25, 0.3) is 0 Å². The van der Waals surface area contributed by atoms with Gasteiger partial charge in [0.1, 0.15) is 0 Å². The topological polar surface area (TPSA) is 61.4 Å². The lowest BCUT2D eigenvalue weighted by atomic mass is 9.85. The smallest absolute Gasteiger partial charge is 0.233 e. The van der Waals surface area contributed by atoms with Gasteiger partial charge in [-0.05, 0) is 50.4 Å². The Balaban J connectivity index is 4.50. The van der Waals surface area contributed by atoms with Crippen LogP contribution in [-0.4, -0.2) is 43.9 Å². The third kappa shape index (κ3) is 9.87. The minimum Gasteiger partial charge on any atom is -0.375 e. The van der Waals surface area contributed by atoms with E-state index in [9.17, 15) is 9.59 Å². The SMILES string of the molecule is C=C(/C=C\C(=C)N(C)CCC(C)(C)CCNC)C(C)C(=O)NC(C)=O. The van der Waals surface area contributed by atoms with Crippen LogP contribution >= 0.6 is 0 Å². The van der Waals surface area contributed by atoms with Crippen molar-refractivity contribution in [2.75, 3.05) is 27.2 Å². The number of carbonyl (C=O) groups excluding carboxylic acids is 2. The lowest BCUT2D eigenvalue weighted by molar-refractivity contribution is -0.130. The summed E-state index contributed by atoms with van der Waals surface area (Å²) in [7, 11) is 3.98. The van der Waals surface area contributed by atoms with Gasteiger partial charge in [0.15, 0.2) is 0 Å². The summed E-state index contributed by atoms with van der Waals surface area (Å²) in [4.78, 5) is 24.9. The quantitative estimate of drug-likeness (QED) is 0.563. The van der Waals surface area contributed by atoms with Crippen LogP contribution in [0.1, 0.15) is 40.5 Å². The van der Waals surface area contributed by atoms with Crippen LogP contribution in [0.4, 0.5) is 0 Å². The van der Waals surface area contributed by atoms with Gasteiger partial charge in [-0.25, -0.2) is 0 Å². The zero-order valence-corrected chi connectivity index (χ0v) is 16.7. The zero-order chi connectivity index (χ0) is 19.6. The number of carbonyl (C=O) groups is 2. The van der Waals surface area contributed by atoms with Gasteiger partial charge in [-0.3, -0.25) is 14.9 Å². The Bertz CT molecular complexity index is 521. The van der Waals surface area contributed by atoms with E-state index in [4.69, 9.17) is 0 Å². The van der Waals surface area contributed by atoms with Gasteiger partial charge in [-0.15, -0.1) is 0 Å². The summed E-state index contributed by atoms with van der Waals surface area (Å²) >= 11 is 0. The standard InChI is InChI=1S/C20H35N3O2/c1-15(17(3)19(25)22-18(4)24)9-10-16(2)23(8)14-12-20(5,6)11-13-21-7/h9-10,17,21H,1-2,11-14H2,3-8H3,(H,22,24,25)/b10-9-. The average molecular weight is 350 g/mol. The number of hydrogen-bond donors (Lipinski definition) is 2. The summed E-state index contributed by atoms with van der Waals surface area (Å²) in [6.45, 7) is 17.5. The Hall–Kier alpha value is -1.88. The first-order valence-corrected chi connectivity index (χ1v) is 8.73. The number of allylic oxidation sites excluding steroid dienone is 2. The van der Waals surface area contributed by atoms with Crippen LogP contribution < -0.4 is 10.6 Å². The molecule has 0 saturated heterocycles. The Morgan fingerprint density at radius 3 is 2.32 bits per heavy atom. The van der Waals surface area contributed by atoms with E-state index in [1.54, 1.807) is 13.0 Å². The van der Waals surface area contributed by atoms with Crippen molar-refractivity contribution in [3.05, 3.63) is 36.6 Å². The molecule has 2 amide bonds. The molecule has 25 heavy (non-hydrogen) atoms. The molecule has 0 aromatic heterocycles. The first kappa shape index (κ1) is 23.1. The number of nitrogens with one attached hydrogen (secondary N) is 2. The molecular weight excluding hydrogens is 314 g/mol. The fourth-order valence-electron chi connectivity index (χ4n) is 2.13. The summed E-state index contributed by atoms with van der Waals surface area (Å²) in [5.74, 6) is -1.16. The molecule has 5 heteroatoms.